The van der Waals surface area contributed by atoms with E-state index >= 15 is 0 Å². The Kier molecular flexibility index (Phi) is 5.85. The number of hydrogen-bond donors (Lipinski definition) is 0. The number of amides is 1. The summed E-state index contributed by atoms with van der Waals surface area (Å²) in [5.41, 5.74) is 3.54. The maximum atomic E-state index is 13.9. The Morgan fingerprint density at radius 3 is 2.35 bits per heavy atom. The molecule has 2 aliphatic heterocycles. The molecule has 0 aromatic heterocycles. The van der Waals surface area contributed by atoms with E-state index in [9.17, 15) is 13.2 Å². The topological polar surface area (TPSA) is 60.9 Å². The monoisotopic (exact) mass is 473 g/mol. The molecule has 0 aliphatic carbocycles. The molecule has 2 aliphatic rings. The summed E-state index contributed by atoms with van der Waals surface area (Å²) in [6.45, 7) is 6.52. The number of hydrogen-bond acceptors (Lipinski definition) is 4. The van der Waals surface area contributed by atoms with Gasteiger partial charge in [0, 0.05) is 18.7 Å². The lowest BCUT2D eigenvalue weighted by molar-refractivity contribution is -0.127. The Labute approximate surface area is 200 Å². The molecule has 0 spiro atoms. The maximum Gasteiger partial charge on any atom is 0.268 e. The van der Waals surface area contributed by atoms with Crippen molar-refractivity contribution >= 4 is 15.9 Å². The van der Waals surface area contributed by atoms with Gasteiger partial charge in [0.05, 0.1) is 10.9 Å². The summed E-state index contributed by atoms with van der Waals surface area (Å²) < 4.78 is 29.4. The van der Waals surface area contributed by atoms with Crippen LogP contribution in [0.5, 0.6) is 0 Å². The minimum absolute atomic E-state index is 0.119. The minimum atomic E-state index is -3.84. The Bertz CT molecular complexity index is 1320. The molecule has 0 radical (unpaired) electrons. The molecular weight excluding hydrogens is 446 g/mol. The van der Waals surface area contributed by atoms with Gasteiger partial charge in [-0.05, 0) is 48.7 Å². The molecule has 1 fully saturated rings. The number of sulfonamides is 1. The summed E-state index contributed by atoms with van der Waals surface area (Å²) in [6, 6.07) is 23.4. The first-order valence-electron chi connectivity index (χ1n) is 11.4. The zero-order chi connectivity index (χ0) is 23.9. The lowest BCUT2D eigenvalue weighted by atomic mass is 9.96. The van der Waals surface area contributed by atoms with E-state index in [1.807, 2.05) is 54.4 Å². The Morgan fingerprint density at radius 2 is 1.65 bits per heavy atom. The second kappa shape index (κ2) is 8.83. The predicted molar refractivity (Wildman–Crippen MR) is 131 cm³/mol. The van der Waals surface area contributed by atoms with Crippen LogP contribution in [0.25, 0.3) is 0 Å². The van der Waals surface area contributed by atoms with Crippen molar-refractivity contribution in [2.75, 3.05) is 13.1 Å². The summed E-state index contributed by atoms with van der Waals surface area (Å²) in [7, 11) is -3.84. The number of fused-ring (bicyclic) bond motifs is 3. The second-order valence-corrected chi connectivity index (χ2v) is 10.6. The number of rotatable bonds is 4. The van der Waals surface area contributed by atoms with E-state index in [-0.39, 0.29) is 17.3 Å². The fourth-order valence-electron chi connectivity index (χ4n) is 4.84. The average molecular weight is 474 g/mol. The molecule has 7 heteroatoms. The minimum Gasteiger partial charge on any atom is -0.268 e. The summed E-state index contributed by atoms with van der Waals surface area (Å²) >= 11 is 0. The summed E-state index contributed by atoms with van der Waals surface area (Å²) in [5, 5.41) is 3.60. The Balaban J connectivity index is 1.64. The van der Waals surface area contributed by atoms with Crippen molar-refractivity contribution in [1.29, 1.82) is 0 Å². The van der Waals surface area contributed by atoms with E-state index in [4.69, 9.17) is 0 Å². The zero-order valence-corrected chi connectivity index (χ0v) is 19.9. The van der Waals surface area contributed by atoms with Crippen molar-refractivity contribution in [2.24, 2.45) is 0 Å². The van der Waals surface area contributed by atoms with Gasteiger partial charge < -0.3 is 0 Å². The van der Waals surface area contributed by atoms with Crippen molar-refractivity contribution in [3.05, 3.63) is 114 Å². The molecule has 0 N–H and O–H groups in total. The van der Waals surface area contributed by atoms with Gasteiger partial charge in [-0.2, -0.15) is 9.31 Å². The van der Waals surface area contributed by atoms with Crippen molar-refractivity contribution < 1.29 is 13.2 Å². The van der Waals surface area contributed by atoms with E-state index in [0.29, 0.717) is 18.5 Å². The van der Waals surface area contributed by atoms with Crippen LogP contribution in [0, 0.1) is 6.92 Å². The van der Waals surface area contributed by atoms with Gasteiger partial charge in [0.15, 0.2) is 0 Å². The zero-order valence-electron chi connectivity index (χ0n) is 19.0. The molecule has 6 nitrogen and oxygen atoms in total. The number of benzene rings is 3. The normalized spacial score (nSPS) is 20.9. The van der Waals surface area contributed by atoms with Crippen molar-refractivity contribution in [3.63, 3.8) is 0 Å². The quantitative estimate of drug-likeness (QED) is 0.534. The standard InChI is InChI=1S/C27H27N3O3S/c1-3-23-19-29(34(32,33)24-15-13-20(2)14-16-24)26-25-12-8-7-9-21(25)17-18-28(26)30(23)27(31)22-10-5-4-6-11-22/h3-16,23,26H,1,17-19H2,2H3/t23-,26-/m0/s1. The van der Waals surface area contributed by atoms with Crippen LogP contribution in [-0.2, 0) is 16.4 Å². The summed E-state index contributed by atoms with van der Waals surface area (Å²) in [6.07, 6.45) is 1.75. The lowest BCUT2D eigenvalue weighted by Gasteiger charge is -2.54. The number of nitrogens with zero attached hydrogens (tertiary/aromatic N) is 3. The van der Waals surface area contributed by atoms with E-state index in [1.165, 1.54) is 4.31 Å². The van der Waals surface area contributed by atoms with E-state index in [1.54, 1.807) is 47.5 Å². The second-order valence-electron chi connectivity index (χ2n) is 8.69. The molecule has 0 saturated carbocycles. The van der Waals surface area contributed by atoms with Gasteiger partial charge in [0.25, 0.3) is 5.91 Å². The van der Waals surface area contributed by atoms with Gasteiger partial charge in [-0.15, -0.1) is 6.58 Å². The molecule has 2 heterocycles. The molecule has 5 rings (SSSR count). The molecule has 3 aromatic rings. The molecule has 0 bridgehead atoms. The molecule has 1 amide bonds. The van der Waals surface area contributed by atoms with Crippen LogP contribution < -0.4 is 0 Å². The number of hydrazine groups is 1. The largest absolute Gasteiger partial charge is 0.268 e. The Hall–Kier alpha value is -3.26. The van der Waals surface area contributed by atoms with Crippen LogP contribution in [0.4, 0.5) is 0 Å². The average Bonchev–Trinajstić information content (AvgIpc) is 2.87. The fraction of sp³-hybridized carbons (Fsp3) is 0.222. The van der Waals surface area contributed by atoms with Crippen LogP contribution >= 0.6 is 0 Å². The Morgan fingerprint density at radius 1 is 0.971 bits per heavy atom. The molecule has 3 aromatic carbocycles. The van der Waals surface area contributed by atoms with Crippen LogP contribution in [0.3, 0.4) is 0 Å². The van der Waals surface area contributed by atoms with Crippen LogP contribution in [0.2, 0.25) is 0 Å². The first-order valence-corrected chi connectivity index (χ1v) is 12.8. The molecule has 34 heavy (non-hydrogen) atoms. The first kappa shape index (κ1) is 22.5. The van der Waals surface area contributed by atoms with Crippen LogP contribution in [0.15, 0.2) is 96.4 Å². The van der Waals surface area contributed by atoms with E-state index < -0.39 is 22.2 Å². The van der Waals surface area contributed by atoms with Gasteiger partial charge >= 0.3 is 0 Å². The fourth-order valence-corrected chi connectivity index (χ4v) is 6.43. The van der Waals surface area contributed by atoms with Gasteiger partial charge in [0.1, 0.15) is 6.17 Å². The summed E-state index contributed by atoms with van der Waals surface area (Å²) in [5.74, 6) is -0.165. The third-order valence-corrected chi connectivity index (χ3v) is 8.42. The van der Waals surface area contributed by atoms with Crippen molar-refractivity contribution in [3.8, 4) is 0 Å². The predicted octanol–water partition coefficient (Wildman–Crippen LogP) is 4.17. The third kappa shape index (κ3) is 3.76. The molecule has 1 saturated heterocycles. The first-order chi connectivity index (χ1) is 16.4. The van der Waals surface area contributed by atoms with Crippen LogP contribution in [0.1, 0.15) is 33.2 Å². The molecule has 2 atom stereocenters. The molecule has 0 unspecified atom stereocenters. The highest BCUT2D eigenvalue weighted by molar-refractivity contribution is 7.89. The van der Waals surface area contributed by atoms with E-state index in [0.717, 1.165) is 16.7 Å². The third-order valence-electron chi connectivity index (χ3n) is 6.58. The van der Waals surface area contributed by atoms with Gasteiger partial charge in [-0.3, -0.25) is 9.80 Å². The molecular formula is C27H27N3O3S. The highest BCUT2D eigenvalue weighted by Gasteiger charge is 2.49. The highest BCUT2D eigenvalue weighted by Crippen LogP contribution is 2.41. The smallest absolute Gasteiger partial charge is 0.268 e. The summed E-state index contributed by atoms with van der Waals surface area (Å²) in [4.78, 5) is 13.9. The maximum absolute atomic E-state index is 13.9. The van der Waals surface area contributed by atoms with Crippen LogP contribution in [-0.4, -0.2) is 47.8 Å². The number of carbonyl (C=O) groups excluding carboxylic acids is 1. The number of carbonyl (C=O) groups is 1. The van der Waals surface area contributed by atoms with Gasteiger partial charge in [-0.25, -0.2) is 8.42 Å². The van der Waals surface area contributed by atoms with Gasteiger partial charge in [0.2, 0.25) is 10.0 Å². The SMILES string of the molecule is C=C[C@H]1CN(S(=O)(=O)c2ccc(C)cc2)[C@H]2c3ccccc3CCN2N1C(=O)c1ccccc1. The molecule has 174 valence electrons. The van der Waals surface area contributed by atoms with E-state index in [2.05, 4.69) is 6.58 Å². The van der Waals surface area contributed by atoms with Crippen molar-refractivity contribution in [2.45, 2.75) is 30.4 Å². The van der Waals surface area contributed by atoms with Gasteiger partial charge in [-0.1, -0.05) is 66.2 Å². The lowest BCUT2D eigenvalue weighted by Crippen LogP contribution is -2.66. The van der Waals surface area contributed by atoms with Crippen molar-refractivity contribution in [1.82, 2.24) is 14.3 Å². The highest BCUT2D eigenvalue weighted by atomic mass is 32.2. The number of aryl methyl sites for hydroxylation is 1.